The van der Waals surface area contributed by atoms with Crippen LogP contribution in [-0.2, 0) is 21.9 Å². The predicted octanol–water partition coefficient (Wildman–Crippen LogP) is 0.865. The molecule has 172 valence electrons. The van der Waals surface area contributed by atoms with Crippen molar-refractivity contribution >= 4 is 33.4 Å². The van der Waals surface area contributed by atoms with Crippen molar-refractivity contribution in [2.45, 2.75) is 17.7 Å². The van der Waals surface area contributed by atoms with Gasteiger partial charge in [-0.2, -0.15) is 4.31 Å². The maximum Gasteiger partial charge on any atom is 0.265 e. The summed E-state index contributed by atoms with van der Waals surface area (Å²) < 4.78 is 28.5. The van der Waals surface area contributed by atoms with Crippen molar-refractivity contribution in [1.29, 1.82) is 0 Å². The number of nitrogens with zero attached hydrogens (tertiary/aromatic N) is 3. The van der Waals surface area contributed by atoms with E-state index >= 15 is 0 Å². The molecule has 3 rings (SSSR count). The normalized spacial score (nSPS) is 15.3. The largest absolute Gasteiger partial charge is 0.364 e. The molecule has 1 saturated heterocycles. The Morgan fingerprint density at radius 3 is 2.19 bits per heavy atom. The van der Waals surface area contributed by atoms with Gasteiger partial charge in [-0.25, -0.2) is 8.42 Å². The van der Waals surface area contributed by atoms with Gasteiger partial charge in [-0.15, -0.1) is 0 Å². The molecule has 1 aromatic carbocycles. The lowest BCUT2D eigenvalue weighted by Crippen LogP contribution is -2.41. The highest BCUT2D eigenvalue weighted by Gasteiger charge is 2.33. The van der Waals surface area contributed by atoms with Crippen LogP contribution in [0.25, 0.3) is 0 Å². The van der Waals surface area contributed by atoms with Gasteiger partial charge < -0.3 is 20.5 Å². The molecule has 32 heavy (non-hydrogen) atoms. The maximum atomic E-state index is 12.9. The summed E-state index contributed by atoms with van der Waals surface area (Å²) in [5.74, 6) is -1.35. The van der Waals surface area contributed by atoms with Crippen molar-refractivity contribution in [3.63, 3.8) is 0 Å². The van der Waals surface area contributed by atoms with Crippen molar-refractivity contribution < 1.29 is 22.8 Å². The second-order valence-corrected chi connectivity index (χ2v) is 9.92. The smallest absolute Gasteiger partial charge is 0.265 e. The minimum Gasteiger partial charge on any atom is -0.364 e. The van der Waals surface area contributed by atoms with E-state index in [2.05, 4.69) is 5.32 Å². The van der Waals surface area contributed by atoms with Crippen LogP contribution in [0.3, 0.4) is 0 Å². The molecule has 0 saturated carbocycles. The number of amides is 3. The van der Waals surface area contributed by atoms with Crippen LogP contribution in [0.15, 0.2) is 41.4 Å². The van der Waals surface area contributed by atoms with Crippen LogP contribution in [0.1, 0.15) is 33.7 Å². The van der Waals surface area contributed by atoms with E-state index in [1.807, 2.05) is 0 Å². The van der Waals surface area contributed by atoms with E-state index in [1.165, 1.54) is 26.0 Å². The number of aromatic nitrogens is 1. The summed E-state index contributed by atoms with van der Waals surface area (Å²) in [7, 11) is 1.10. The molecule has 3 amide bonds. The van der Waals surface area contributed by atoms with Crippen LogP contribution in [-0.4, -0.2) is 67.1 Å². The molecule has 1 aromatic heterocycles. The molecule has 3 N–H and O–H groups in total. The summed E-state index contributed by atoms with van der Waals surface area (Å²) in [5, 5.41) is 2.83. The SMILES string of the molecule is CN(C)C(=O)c1ccc(NC(=O)C2CCN(S(=O)(=O)c3cc(C(N)=O)n(C)c3)CC2)cc1. The minimum atomic E-state index is -3.79. The number of rotatable bonds is 6. The molecule has 0 aliphatic carbocycles. The summed E-state index contributed by atoms with van der Waals surface area (Å²) in [4.78, 5) is 37.5. The summed E-state index contributed by atoms with van der Waals surface area (Å²) in [5.41, 5.74) is 6.47. The monoisotopic (exact) mass is 461 g/mol. The first-order valence-electron chi connectivity index (χ1n) is 10.1. The minimum absolute atomic E-state index is 0.00376. The molecule has 2 heterocycles. The number of nitrogens with two attached hydrogens (primary N) is 1. The van der Waals surface area contributed by atoms with Crippen molar-refractivity contribution in [3.05, 3.63) is 47.8 Å². The van der Waals surface area contributed by atoms with Crippen molar-refractivity contribution in [2.24, 2.45) is 18.7 Å². The topological polar surface area (TPSA) is 135 Å². The van der Waals surface area contributed by atoms with Gasteiger partial charge in [0, 0.05) is 57.6 Å². The van der Waals surface area contributed by atoms with Crippen LogP contribution >= 0.6 is 0 Å². The number of hydrogen-bond acceptors (Lipinski definition) is 5. The number of primary amides is 1. The van der Waals surface area contributed by atoms with Crippen LogP contribution in [0.5, 0.6) is 0 Å². The highest BCUT2D eigenvalue weighted by molar-refractivity contribution is 7.89. The van der Waals surface area contributed by atoms with Gasteiger partial charge in [0.05, 0.1) is 0 Å². The Morgan fingerprint density at radius 1 is 1.09 bits per heavy atom. The number of carbonyl (C=O) groups is 3. The maximum absolute atomic E-state index is 12.9. The molecule has 0 unspecified atom stereocenters. The summed E-state index contributed by atoms with van der Waals surface area (Å²) in [6.07, 6.45) is 2.11. The fraction of sp³-hybridized carbons (Fsp3) is 0.381. The third-order valence-corrected chi connectivity index (χ3v) is 7.36. The van der Waals surface area contributed by atoms with Gasteiger partial charge in [0.15, 0.2) is 0 Å². The van der Waals surface area contributed by atoms with Gasteiger partial charge in [0.25, 0.3) is 11.8 Å². The van der Waals surface area contributed by atoms with E-state index in [0.29, 0.717) is 24.1 Å². The van der Waals surface area contributed by atoms with Gasteiger partial charge in [-0.3, -0.25) is 14.4 Å². The van der Waals surface area contributed by atoms with Crippen LogP contribution in [0, 0.1) is 5.92 Å². The third-order valence-electron chi connectivity index (χ3n) is 5.50. The first-order chi connectivity index (χ1) is 15.0. The van der Waals surface area contributed by atoms with E-state index in [0.717, 1.165) is 0 Å². The standard InChI is InChI=1S/C21H27N5O5S/c1-24(2)21(29)15-4-6-16(7-5-15)23-20(28)14-8-10-26(11-9-14)32(30,31)17-12-18(19(22)27)25(3)13-17/h4-7,12-14H,8-11H2,1-3H3,(H2,22,27)(H,23,28). The predicted molar refractivity (Wildman–Crippen MR) is 119 cm³/mol. The number of anilines is 1. The summed E-state index contributed by atoms with van der Waals surface area (Å²) in [6.45, 7) is 0.384. The lowest BCUT2D eigenvalue weighted by Gasteiger charge is -2.30. The van der Waals surface area contributed by atoms with E-state index in [9.17, 15) is 22.8 Å². The summed E-state index contributed by atoms with van der Waals surface area (Å²) >= 11 is 0. The molecule has 11 heteroatoms. The first kappa shape index (κ1) is 23.5. The number of piperidine rings is 1. The van der Waals surface area contributed by atoms with E-state index in [-0.39, 0.29) is 41.4 Å². The average Bonchev–Trinajstić information content (AvgIpc) is 3.16. The molecule has 1 aliphatic rings. The second kappa shape index (κ2) is 9.13. The van der Waals surface area contributed by atoms with Gasteiger partial charge in [-0.1, -0.05) is 0 Å². The molecular weight excluding hydrogens is 434 g/mol. The lowest BCUT2D eigenvalue weighted by molar-refractivity contribution is -0.120. The number of nitrogens with one attached hydrogen (secondary N) is 1. The Morgan fingerprint density at radius 2 is 1.69 bits per heavy atom. The van der Waals surface area contributed by atoms with Gasteiger partial charge in [-0.05, 0) is 43.2 Å². The van der Waals surface area contributed by atoms with Crippen LogP contribution in [0.4, 0.5) is 5.69 Å². The Kier molecular flexibility index (Phi) is 6.70. The third kappa shape index (κ3) is 4.83. The highest BCUT2D eigenvalue weighted by Crippen LogP contribution is 2.26. The van der Waals surface area contributed by atoms with Gasteiger partial charge in [0.2, 0.25) is 15.9 Å². The zero-order chi connectivity index (χ0) is 23.6. The molecule has 0 radical (unpaired) electrons. The van der Waals surface area contributed by atoms with Crippen molar-refractivity contribution in [3.8, 4) is 0 Å². The quantitative estimate of drug-likeness (QED) is 0.658. The molecular formula is C21H27N5O5S. The number of benzene rings is 1. The van der Waals surface area contributed by atoms with Crippen molar-refractivity contribution in [2.75, 3.05) is 32.5 Å². The number of sulfonamides is 1. The fourth-order valence-corrected chi connectivity index (χ4v) is 5.17. The number of aryl methyl sites for hydroxylation is 1. The van der Waals surface area contributed by atoms with Crippen molar-refractivity contribution in [1.82, 2.24) is 13.8 Å². The van der Waals surface area contributed by atoms with E-state index < -0.39 is 15.9 Å². The molecule has 0 atom stereocenters. The Bertz CT molecular complexity index is 1130. The number of carbonyl (C=O) groups excluding carboxylic acids is 3. The van der Waals surface area contributed by atoms with Gasteiger partial charge in [0.1, 0.15) is 10.6 Å². The molecule has 1 aliphatic heterocycles. The Labute approximate surface area is 187 Å². The van der Waals surface area contributed by atoms with Crippen LogP contribution < -0.4 is 11.1 Å². The zero-order valence-corrected chi connectivity index (χ0v) is 19.1. The van der Waals surface area contributed by atoms with E-state index in [1.54, 1.807) is 45.4 Å². The molecule has 0 bridgehead atoms. The Hall–Kier alpha value is -3.18. The van der Waals surface area contributed by atoms with E-state index in [4.69, 9.17) is 5.73 Å². The number of hydrogen-bond donors (Lipinski definition) is 2. The summed E-state index contributed by atoms with van der Waals surface area (Å²) in [6, 6.07) is 7.89. The molecule has 10 nitrogen and oxygen atoms in total. The Balaban J connectivity index is 1.60. The van der Waals surface area contributed by atoms with Crippen LogP contribution in [0.2, 0.25) is 0 Å². The fourth-order valence-electron chi connectivity index (χ4n) is 3.63. The zero-order valence-electron chi connectivity index (χ0n) is 18.2. The highest BCUT2D eigenvalue weighted by atomic mass is 32.2. The lowest BCUT2D eigenvalue weighted by atomic mass is 9.97. The van der Waals surface area contributed by atoms with Gasteiger partial charge >= 0.3 is 0 Å². The molecule has 0 spiro atoms. The first-order valence-corrected chi connectivity index (χ1v) is 11.5. The molecule has 2 aromatic rings. The average molecular weight is 462 g/mol. The molecule has 1 fully saturated rings. The second-order valence-electron chi connectivity index (χ2n) is 7.98.